The highest BCUT2D eigenvalue weighted by atomic mass is 16.6. The van der Waals surface area contributed by atoms with Gasteiger partial charge in [-0.3, -0.25) is 4.79 Å². The van der Waals surface area contributed by atoms with Crippen LogP contribution in [0.2, 0.25) is 0 Å². The number of nitrogens with zero attached hydrogens (tertiary/aromatic N) is 1. The van der Waals surface area contributed by atoms with Gasteiger partial charge in [0.25, 0.3) is 5.91 Å². The lowest BCUT2D eigenvalue weighted by Gasteiger charge is -2.24. The van der Waals surface area contributed by atoms with E-state index in [2.05, 4.69) is 36.5 Å². The first-order chi connectivity index (χ1) is 17.4. The predicted molar refractivity (Wildman–Crippen MR) is 141 cm³/mol. The Morgan fingerprint density at radius 3 is 2.28 bits per heavy atom. The van der Waals surface area contributed by atoms with Crippen molar-refractivity contribution in [2.75, 3.05) is 21.3 Å². The largest absolute Gasteiger partial charge is 0.496 e. The van der Waals surface area contributed by atoms with E-state index in [1.807, 2.05) is 30.3 Å². The Morgan fingerprint density at radius 2 is 1.69 bits per heavy atom. The van der Waals surface area contributed by atoms with Crippen molar-refractivity contribution in [3.63, 3.8) is 0 Å². The molecule has 1 atom stereocenters. The van der Waals surface area contributed by atoms with Crippen molar-refractivity contribution in [1.29, 1.82) is 0 Å². The van der Waals surface area contributed by atoms with Crippen LogP contribution in [0.15, 0.2) is 47.6 Å². The second-order valence-electron chi connectivity index (χ2n) is 9.56. The Hall–Kier alpha value is -3.35. The van der Waals surface area contributed by atoms with E-state index in [1.165, 1.54) is 19.8 Å². The molecule has 2 aromatic carbocycles. The number of hydrogen-bond donors (Lipinski definition) is 1. The minimum Gasteiger partial charge on any atom is -0.496 e. The van der Waals surface area contributed by atoms with Crippen LogP contribution < -0.4 is 10.1 Å². The molecule has 0 radical (unpaired) electrons. The van der Waals surface area contributed by atoms with Gasteiger partial charge in [-0.05, 0) is 47.6 Å². The number of methoxy groups -OCH3 is 2. The zero-order chi connectivity index (χ0) is 26.1. The van der Waals surface area contributed by atoms with E-state index < -0.39 is 12.0 Å². The predicted octanol–water partition coefficient (Wildman–Crippen LogP) is 5.27. The van der Waals surface area contributed by atoms with Gasteiger partial charge in [-0.25, -0.2) is 4.79 Å². The molecule has 1 amide bonds. The number of nitrogens with one attached hydrogen (secondary N) is 1. The molecule has 1 aliphatic rings. The molecule has 0 spiro atoms. The lowest BCUT2D eigenvalue weighted by molar-refractivity contribution is -0.144. The van der Waals surface area contributed by atoms with Crippen LogP contribution in [0.25, 0.3) is 11.1 Å². The second-order valence-corrected chi connectivity index (χ2v) is 9.56. The fourth-order valence-electron chi connectivity index (χ4n) is 4.71. The van der Waals surface area contributed by atoms with Gasteiger partial charge in [0.1, 0.15) is 24.6 Å². The molecule has 36 heavy (non-hydrogen) atoms. The standard InChI is InChI=1S/C29H38N2O5/c1-19(2)23-15-16-26(34-3)24(18-23)21-13-11-20(12-14-21)17-25(29(33)35-4)30-28(32)27(31-36-5)22-9-7-6-8-10-22/h11-16,18-19,22,25H,6-10,17H2,1-5H3,(H,30,32)/t25-/m0/s1. The summed E-state index contributed by atoms with van der Waals surface area (Å²) in [7, 11) is 4.42. The maximum absolute atomic E-state index is 13.1. The number of benzene rings is 2. The van der Waals surface area contributed by atoms with Crippen LogP contribution in [-0.4, -0.2) is 45.0 Å². The lowest BCUT2D eigenvalue weighted by Crippen LogP contribution is -2.47. The van der Waals surface area contributed by atoms with Gasteiger partial charge in [-0.2, -0.15) is 0 Å². The number of esters is 1. The normalized spacial score (nSPS) is 15.3. The first kappa shape index (κ1) is 27.2. The molecule has 0 heterocycles. The molecule has 0 aromatic heterocycles. The molecule has 7 heteroatoms. The Kier molecular flexibility index (Phi) is 9.91. The molecule has 1 saturated carbocycles. The molecular weight excluding hydrogens is 456 g/mol. The van der Waals surface area contributed by atoms with E-state index in [0.717, 1.165) is 54.5 Å². The molecule has 1 N–H and O–H groups in total. The van der Waals surface area contributed by atoms with Crippen LogP contribution in [0.4, 0.5) is 0 Å². The summed E-state index contributed by atoms with van der Waals surface area (Å²) >= 11 is 0. The van der Waals surface area contributed by atoms with Crippen LogP contribution in [0.3, 0.4) is 0 Å². The van der Waals surface area contributed by atoms with Crippen molar-refractivity contribution in [2.24, 2.45) is 11.1 Å². The van der Waals surface area contributed by atoms with Crippen LogP contribution >= 0.6 is 0 Å². The summed E-state index contributed by atoms with van der Waals surface area (Å²) in [5, 5.41) is 6.85. The van der Waals surface area contributed by atoms with E-state index in [1.54, 1.807) is 7.11 Å². The minimum absolute atomic E-state index is 0.0351. The highest BCUT2D eigenvalue weighted by Gasteiger charge is 2.30. The molecule has 2 aromatic rings. The molecule has 3 rings (SSSR count). The summed E-state index contributed by atoms with van der Waals surface area (Å²) in [4.78, 5) is 30.6. The van der Waals surface area contributed by atoms with Crippen molar-refractivity contribution in [3.05, 3.63) is 53.6 Å². The zero-order valence-electron chi connectivity index (χ0n) is 22.0. The first-order valence-corrected chi connectivity index (χ1v) is 12.6. The van der Waals surface area contributed by atoms with Crippen LogP contribution in [0.5, 0.6) is 5.75 Å². The average Bonchev–Trinajstić information content (AvgIpc) is 2.91. The smallest absolute Gasteiger partial charge is 0.328 e. The zero-order valence-corrected chi connectivity index (χ0v) is 22.0. The molecule has 1 fully saturated rings. The van der Waals surface area contributed by atoms with Gasteiger partial charge >= 0.3 is 5.97 Å². The Bertz CT molecular complexity index is 1060. The van der Waals surface area contributed by atoms with Gasteiger partial charge in [-0.1, -0.05) is 68.6 Å². The Morgan fingerprint density at radius 1 is 1.00 bits per heavy atom. The van der Waals surface area contributed by atoms with Crippen molar-refractivity contribution >= 4 is 17.6 Å². The maximum Gasteiger partial charge on any atom is 0.328 e. The van der Waals surface area contributed by atoms with E-state index in [-0.39, 0.29) is 11.8 Å². The molecule has 194 valence electrons. The summed E-state index contributed by atoms with van der Waals surface area (Å²) in [6.45, 7) is 4.32. The van der Waals surface area contributed by atoms with Gasteiger partial charge in [0.15, 0.2) is 0 Å². The molecule has 0 bridgehead atoms. The fraction of sp³-hybridized carbons (Fsp3) is 0.483. The summed E-state index contributed by atoms with van der Waals surface area (Å²) < 4.78 is 10.6. The van der Waals surface area contributed by atoms with Crippen LogP contribution in [0.1, 0.15) is 63.0 Å². The van der Waals surface area contributed by atoms with Crippen LogP contribution in [0, 0.1) is 5.92 Å². The number of ether oxygens (including phenoxy) is 2. The van der Waals surface area contributed by atoms with E-state index in [0.29, 0.717) is 18.1 Å². The second kappa shape index (κ2) is 13.1. The van der Waals surface area contributed by atoms with E-state index >= 15 is 0 Å². The van der Waals surface area contributed by atoms with Gasteiger partial charge < -0.3 is 19.6 Å². The van der Waals surface area contributed by atoms with Gasteiger partial charge in [-0.15, -0.1) is 0 Å². The molecule has 1 aliphatic carbocycles. The summed E-state index contributed by atoms with van der Waals surface area (Å²) in [6.07, 6.45) is 5.35. The van der Waals surface area contributed by atoms with Gasteiger partial charge in [0.2, 0.25) is 0 Å². The molecule has 0 unspecified atom stereocenters. The molecular formula is C29H38N2O5. The van der Waals surface area contributed by atoms with Crippen molar-refractivity contribution in [3.8, 4) is 16.9 Å². The first-order valence-electron chi connectivity index (χ1n) is 12.6. The minimum atomic E-state index is -0.835. The fourth-order valence-corrected chi connectivity index (χ4v) is 4.71. The highest BCUT2D eigenvalue weighted by molar-refractivity contribution is 6.39. The maximum atomic E-state index is 13.1. The summed E-state index contributed by atoms with van der Waals surface area (Å²) in [5.74, 6) is 0.357. The lowest BCUT2D eigenvalue weighted by atomic mass is 9.85. The third kappa shape index (κ3) is 6.86. The monoisotopic (exact) mass is 494 g/mol. The third-order valence-electron chi connectivity index (χ3n) is 6.80. The van der Waals surface area contributed by atoms with Gasteiger partial charge in [0, 0.05) is 17.9 Å². The summed E-state index contributed by atoms with van der Waals surface area (Å²) in [6, 6.07) is 13.3. The number of rotatable bonds is 10. The van der Waals surface area contributed by atoms with Gasteiger partial charge in [0.05, 0.1) is 14.2 Å². The van der Waals surface area contributed by atoms with Crippen molar-refractivity contribution in [2.45, 2.75) is 64.3 Å². The molecule has 0 aliphatic heterocycles. The topological polar surface area (TPSA) is 86.2 Å². The quantitative estimate of drug-likeness (QED) is 0.276. The average molecular weight is 495 g/mol. The SMILES string of the molecule is CON=C(C(=O)N[C@@H](Cc1ccc(-c2cc(C(C)C)ccc2OC)cc1)C(=O)OC)C1CCCCC1. The molecule has 0 saturated heterocycles. The highest BCUT2D eigenvalue weighted by Crippen LogP contribution is 2.33. The number of hydrogen-bond acceptors (Lipinski definition) is 6. The Labute approximate surface area is 214 Å². The number of carbonyl (C=O) groups is 2. The van der Waals surface area contributed by atoms with Crippen LogP contribution in [-0.2, 0) is 25.6 Å². The van der Waals surface area contributed by atoms with Crippen molar-refractivity contribution in [1.82, 2.24) is 5.32 Å². The summed E-state index contributed by atoms with van der Waals surface area (Å²) in [5.41, 5.74) is 4.51. The van der Waals surface area contributed by atoms with Crippen molar-refractivity contribution < 1.29 is 23.9 Å². The van der Waals surface area contributed by atoms with E-state index in [9.17, 15) is 9.59 Å². The number of carbonyl (C=O) groups excluding carboxylic acids is 2. The Balaban J connectivity index is 1.78. The molecule has 7 nitrogen and oxygen atoms in total. The number of amides is 1. The van der Waals surface area contributed by atoms with E-state index in [4.69, 9.17) is 14.3 Å². The third-order valence-corrected chi connectivity index (χ3v) is 6.80. The number of oxime groups is 1.